The zero-order chi connectivity index (χ0) is 16.1. The first kappa shape index (κ1) is 16.5. The molecular formula is C17H17Cl2N3. The molecule has 0 saturated heterocycles. The molecule has 5 heteroatoms. The van der Waals surface area contributed by atoms with Gasteiger partial charge in [-0.1, -0.05) is 23.2 Å². The molecule has 0 amide bonds. The minimum absolute atomic E-state index is 0.713. The predicted molar refractivity (Wildman–Crippen MR) is 96.4 cm³/mol. The maximum atomic E-state index is 5.93. The average molecular weight is 334 g/mol. The second-order valence-corrected chi connectivity index (χ2v) is 5.89. The maximum absolute atomic E-state index is 5.93. The van der Waals surface area contributed by atoms with Crippen LogP contribution in [0, 0.1) is 13.8 Å². The summed E-state index contributed by atoms with van der Waals surface area (Å²) in [6, 6.07) is 11.2. The van der Waals surface area contributed by atoms with Crippen molar-refractivity contribution in [2.45, 2.75) is 13.8 Å². The summed E-state index contributed by atoms with van der Waals surface area (Å²) in [5.41, 5.74) is 3.82. The van der Waals surface area contributed by atoms with Crippen LogP contribution in [0.2, 0.25) is 10.0 Å². The van der Waals surface area contributed by atoms with E-state index in [-0.39, 0.29) is 0 Å². The van der Waals surface area contributed by atoms with Gasteiger partial charge in [0.2, 0.25) is 0 Å². The molecule has 0 fully saturated rings. The van der Waals surface area contributed by atoms with E-state index in [9.17, 15) is 0 Å². The molecule has 114 valence electrons. The summed E-state index contributed by atoms with van der Waals surface area (Å²) in [5.74, 6) is 0. The number of nitrogens with zero attached hydrogens (tertiary/aromatic N) is 3. The third-order valence-corrected chi connectivity index (χ3v) is 3.55. The zero-order valence-corrected chi connectivity index (χ0v) is 14.2. The average Bonchev–Trinajstić information content (AvgIpc) is 2.45. The molecule has 3 nitrogen and oxygen atoms in total. The van der Waals surface area contributed by atoms with Crippen molar-refractivity contribution < 1.29 is 0 Å². The van der Waals surface area contributed by atoms with Crippen LogP contribution in [0.5, 0.6) is 0 Å². The Morgan fingerprint density at radius 2 is 1.23 bits per heavy atom. The molecule has 0 atom stereocenters. The van der Waals surface area contributed by atoms with Crippen LogP contribution < -0.4 is 0 Å². The molecular weight excluding hydrogens is 317 g/mol. The largest absolute Gasteiger partial charge is 0.326 e. The molecule has 0 aliphatic rings. The van der Waals surface area contributed by atoms with Gasteiger partial charge in [-0.25, -0.2) is 9.98 Å². The van der Waals surface area contributed by atoms with Gasteiger partial charge in [0, 0.05) is 17.1 Å². The number of benzene rings is 2. The molecule has 0 saturated carbocycles. The van der Waals surface area contributed by atoms with E-state index < -0.39 is 0 Å². The van der Waals surface area contributed by atoms with Crippen LogP contribution in [0.3, 0.4) is 0 Å². The summed E-state index contributed by atoms with van der Waals surface area (Å²) >= 11 is 11.9. The van der Waals surface area contributed by atoms with E-state index in [1.165, 1.54) is 0 Å². The van der Waals surface area contributed by atoms with Crippen molar-refractivity contribution in [2.75, 3.05) is 7.05 Å². The first-order valence-electron chi connectivity index (χ1n) is 6.78. The second-order valence-electron chi connectivity index (χ2n) is 5.02. The first-order chi connectivity index (χ1) is 10.5. The number of rotatable bonds is 4. The van der Waals surface area contributed by atoms with Crippen LogP contribution in [0.25, 0.3) is 0 Å². The van der Waals surface area contributed by atoms with E-state index in [1.807, 2.05) is 57.3 Å². The van der Waals surface area contributed by atoms with Crippen molar-refractivity contribution in [2.24, 2.45) is 9.98 Å². The fourth-order valence-corrected chi connectivity index (χ4v) is 2.32. The van der Waals surface area contributed by atoms with E-state index in [0.29, 0.717) is 10.0 Å². The molecule has 0 aliphatic carbocycles. The van der Waals surface area contributed by atoms with Crippen molar-refractivity contribution in [3.8, 4) is 0 Å². The van der Waals surface area contributed by atoms with Crippen LogP contribution in [0.15, 0.2) is 46.4 Å². The molecule has 0 unspecified atom stereocenters. The lowest BCUT2D eigenvalue weighted by Crippen LogP contribution is -2.12. The molecule has 2 aromatic rings. The summed E-state index contributed by atoms with van der Waals surface area (Å²) in [5, 5.41) is 1.43. The highest BCUT2D eigenvalue weighted by atomic mass is 35.5. The number of hydrogen-bond acceptors (Lipinski definition) is 2. The molecule has 0 bridgehead atoms. The van der Waals surface area contributed by atoms with Gasteiger partial charge in [-0.05, 0) is 61.4 Å². The van der Waals surface area contributed by atoms with E-state index in [2.05, 4.69) is 9.98 Å². The smallest absolute Gasteiger partial charge is 0.0961 e. The van der Waals surface area contributed by atoms with E-state index in [4.69, 9.17) is 23.2 Å². The zero-order valence-electron chi connectivity index (χ0n) is 12.7. The number of halogens is 2. The number of hydrogen-bond donors (Lipinski definition) is 0. The van der Waals surface area contributed by atoms with Gasteiger partial charge >= 0.3 is 0 Å². The summed E-state index contributed by atoms with van der Waals surface area (Å²) in [6.45, 7) is 3.95. The number of aryl methyl sites for hydroxylation is 2. The van der Waals surface area contributed by atoms with Crippen molar-refractivity contribution >= 4 is 47.3 Å². The van der Waals surface area contributed by atoms with Crippen molar-refractivity contribution in [1.29, 1.82) is 0 Å². The SMILES string of the molecule is Cc1cc(Cl)ccc1N=CN(C)C=Nc1ccc(Cl)cc1C. The molecule has 0 N–H and O–H groups in total. The van der Waals surface area contributed by atoms with Crippen LogP contribution in [0.4, 0.5) is 11.4 Å². The van der Waals surface area contributed by atoms with E-state index >= 15 is 0 Å². The molecule has 22 heavy (non-hydrogen) atoms. The standard InChI is InChI=1S/C17H17Cl2N3/c1-12-8-14(18)4-6-16(12)20-10-22(3)11-21-17-7-5-15(19)9-13(17)2/h4-11H,1-3H3. The maximum Gasteiger partial charge on any atom is 0.0961 e. The van der Waals surface area contributed by atoms with E-state index in [1.54, 1.807) is 17.6 Å². The lowest BCUT2D eigenvalue weighted by Gasteiger charge is -2.07. The molecule has 2 aromatic carbocycles. The van der Waals surface area contributed by atoms with Gasteiger partial charge in [0.1, 0.15) is 0 Å². The summed E-state index contributed by atoms with van der Waals surface area (Å²) < 4.78 is 0. The summed E-state index contributed by atoms with van der Waals surface area (Å²) in [6.07, 6.45) is 3.43. The summed E-state index contributed by atoms with van der Waals surface area (Å²) in [4.78, 5) is 10.6. The monoisotopic (exact) mass is 333 g/mol. The molecule has 0 heterocycles. The normalized spacial score (nSPS) is 11.5. The highest BCUT2D eigenvalue weighted by Crippen LogP contribution is 2.23. The van der Waals surface area contributed by atoms with Crippen molar-refractivity contribution in [3.63, 3.8) is 0 Å². The van der Waals surface area contributed by atoms with Crippen LogP contribution in [-0.2, 0) is 0 Å². The van der Waals surface area contributed by atoms with Crippen molar-refractivity contribution in [1.82, 2.24) is 4.90 Å². The van der Waals surface area contributed by atoms with Gasteiger partial charge in [-0.15, -0.1) is 0 Å². The Balaban J connectivity index is 2.07. The van der Waals surface area contributed by atoms with Gasteiger partial charge in [-0.2, -0.15) is 0 Å². The van der Waals surface area contributed by atoms with Crippen LogP contribution >= 0.6 is 23.2 Å². The molecule has 0 aromatic heterocycles. The van der Waals surface area contributed by atoms with Gasteiger partial charge in [0.15, 0.2) is 0 Å². The Labute approximate surface area is 140 Å². The molecule has 0 spiro atoms. The summed E-state index contributed by atoms with van der Waals surface area (Å²) in [7, 11) is 1.88. The topological polar surface area (TPSA) is 28.0 Å². The Kier molecular flexibility index (Phi) is 5.58. The minimum atomic E-state index is 0.713. The molecule has 0 radical (unpaired) electrons. The van der Waals surface area contributed by atoms with Gasteiger partial charge in [0.05, 0.1) is 24.1 Å². The first-order valence-corrected chi connectivity index (χ1v) is 7.54. The third kappa shape index (κ3) is 4.58. The van der Waals surface area contributed by atoms with Crippen molar-refractivity contribution in [3.05, 3.63) is 57.6 Å². The Morgan fingerprint density at radius 3 is 1.59 bits per heavy atom. The van der Waals surface area contributed by atoms with Gasteiger partial charge < -0.3 is 4.90 Å². The minimum Gasteiger partial charge on any atom is -0.326 e. The third-order valence-electron chi connectivity index (χ3n) is 3.08. The van der Waals surface area contributed by atoms with Gasteiger partial charge in [-0.3, -0.25) is 0 Å². The van der Waals surface area contributed by atoms with Crippen LogP contribution in [0.1, 0.15) is 11.1 Å². The Morgan fingerprint density at radius 1 is 0.818 bits per heavy atom. The second kappa shape index (κ2) is 7.43. The van der Waals surface area contributed by atoms with Gasteiger partial charge in [0.25, 0.3) is 0 Å². The predicted octanol–water partition coefficient (Wildman–Crippen LogP) is 5.56. The number of aliphatic imine (C=N–C) groups is 2. The lowest BCUT2D eigenvalue weighted by molar-refractivity contribution is 0.801. The molecule has 2 rings (SSSR count). The molecule has 0 aliphatic heterocycles. The quantitative estimate of drug-likeness (QED) is 0.531. The fourth-order valence-electron chi connectivity index (χ4n) is 1.86. The Bertz CT molecular complexity index is 662. The fraction of sp³-hybridized carbons (Fsp3) is 0.176. The highest BCUT2D eigenvalue weighted by Gasteiger charge is 1.98. The van der Waals surface area contributed by atoms with E-state index in [0.717, 1.165) is 22.5 Å². The highest BCUT2D eigenvalue weighted by molar-refractivity contribution is 6.31. The Hall–Kier alpha value is -1.84. The lowest BCUT2D eigenvalue weighted by atomic mass is 10.2. The van der Waals surface area contributed by atoms with Crippen LogP contribution in [-0.4, -0.2) is 24.6 Å².